The lowest BCUT2D eigenvalue weighted by Gasteiger charge is -2.05. The second-order valence-corrected chi connectivity index (χ2v) is 4.21. The number of ether oxygens (including phenoxy) is 1. The summed E-state index contributed by atoms with van der Waals surface area (Å²) in [5.41, 5.74) is 0.353. The molecule has 120 valence electrons. The second-order valence-electron chi connectivity index (χ2n) is 4.21. The van der Waals surface area contributed by atoms with Crippen molar-refractivity contribution in [1.82, 2.24) is 20.2 Å². The standard InChI is InChI=1S/C15H14F2N4O2/c1-3-5-6-11(4-2)22-9-12-18-7-10(8-19-12)14-20-21-15(23-14)13(16)17/h3-8,13H,1,9H2,2H3/b6-5-,11-4+. The maximum atomic E-state index is 12.4. The first-order chi connectivity index (χ1) is 11.1. The van der Waals surface area contributed by atoms with Crippen LogP contribution in [0.2, 0.25) is 0 Å². The molecule has 0 aliphatic rings. The molecule has 0 amide bonds. The third-order valence-corrected chi connectivity index (χ3v) is 2.63. The molecule has 0 radical (unpaired) electrons. The predicted molar refractivity (Wildman–Crippen MR) is 78.2 cm³/mol. The summed E-state index contributed by atoms with van der Waals surface area (Å²) >= 11 is 0. The van der Waals surface area contributed by atoms with Crippen LogP contribution < -0.4 is 0 Å². The van der Waals surface area contributed by atoms with Gasteiger partial charge in [-0.25, -0.2) is 9.97 Å². The number of allylic oxidation sites excluding steroid dienone is 4. The predicted octanol–water partition coefficient (Wildman–Crippen LogP) is 3.63. The maximum Gasteiger partial charge on any atom is 0.314 e. The van der Waals surface area contributed by atoms with Crippen molar-refractivity contribution in [1.29, 1.82) is 0 Å². The van der Waals surface area contributed by atoms with E-state index in [2.05, 4.69) is 26.7 Å². The van der Waals surface area contributed by atoms with Crippen molar-refractivity contribution < 1.29 is 17.9 Å². The number of halogens is 2. The number of nitrogens with zero attached hydrogens (tertiary/aromatic N) is 4. The SMILES string of the molecule is C=C/C=C\C(=C/C)OCc1ncc(-c2nnc(C(F)F)o2)cn1. The van der Waals surface area contributed by atoms with Crippen molar-refractivity contribution in [2.24, 2.45) is 0 Å². The molecular weight excluding hydrogens is 306 g/mol. The van der Waals surface area contributed by atoms with Gasteiger partial charge in [0.25, 0.3) is 11.8 Å². The van der Waals surface area contributed by atoms with E-state index >= 15 is 0 Å². The molecule has 0 unspecified atom stereocenters. The first-order valence-electron chi connectivity index (χ1n) is 6.65. The zero-order valence-electron chi connectivity index (χ0n) is 12.3. The Bertz CT molecular complexity index is 709. The van der Waals surface area contributed by atoms with E-state index in [0.29, 0.717) is 17.1 Å². The van der Waals surface area contributed by atoms with E-state index in [-0.39, 0.29) is 12.5 Å². The Labute approximate surface area is 131 Å². The van der Waals surface area contributed by atoms with Crippen LogP contribution in [0.3, 0.4) is 0 Å². The molecule has 0 fully saturated rings. The molecule has 0 atom stereocenters. The zero-order valence-corrected chi connectivity index (χ0v) is 12.3. The Hall–Kier alpha value is -2.90. The van der Waals surface area contributed by atoms with Crippen LogP contribution in [0, 0.1) is 0 Å². The van der Waals surface area contributed by atoms with Crippen LogP contribution in [0.5, 0.6) is 0 Å². The Morgan fingerprint density at radius 2 is 2.09 bits per heavy atom. The van der Waals surface area contributed by atoms with Crippen molar-refractivity contribution in [2.75, 3.05) is 0 Å². The fraction of sp³-hybridized carbons (Fsp3) is 0.200. The summed E-state index contributed by atoms with van der Waals surface area (Å²) in [6, 6.07) is 0. The third kappa shape index (κ3) is 4.53. The van der Waals surface area contributed by atoms with Crippen LogP contribution in [0.25, 0.3) is 11.5 Å². The molecule has 6 nitrogen and oxygen atoms in total. The Morgan fingerprint density at radius 1 is 1.35 bits per heavy atom. The Balaban J connectivity index is 2.01. The second kappa shape index (κ2) is 7.92. The smallest absolute Gasteiger partial charge is 0.314 e. The minimum Gasteiger partial charge on any atom is -0.486 e. The Morgan fingerprint density at radius 3 is 2.65 bits per heavy atom. The average molecular weight is 320 g/mol. The molecule has 0 spiro atoms. The van der Waals surface area contributed by atoms with E-state index in [9.17, 15) is 8.78 Å². The number of hydrogen-bond donors (Lipinski definition) is 0. The van der Waals surface area contributed by atoms with Gasteiger partial charge in [0.1, 0.15) is 12.4 Å². The fourth-order valence-electron chi connectivity index (χ4n) is 1.52. The molecular formula is C15H14F2N4O2. The summed E-state index contributed by atoms with van der Waals surface area (Å²) in [7, 11) is 0. The van der Waals surface area contributed by atoms with E-state index in [1.54, 1.807) is 24.3 Å². The minimum atomic E-state index is -2.81. The topological polar surface area (TPSA) is 73.9 Å². The number of alkyl halides is 2. The first kappa shape index (κ1) is 16.5. The van der Waals surface area contributed by atoms with Gasteiger partial charge in [-0.05, 0) is 19.1 Å². The summed E-state index contributed by atoms with van der Waals surface area (Å²) in [6.45, 7) is 5.57. The molecule has 2 aromatic heterocycles. The van der Waals surface area contributed by atoms with Crippen LogP contribution in [-0.4, -0.2) is 20.2 Å². The highest BCUT2D eigenvalue weighted by molar-refractivity contribution is 5.48. The highest BCUT2D eigenvalue weighted by Crippen LogP contribution is 2.22. The Kier molecular flexibility index (Phi) is 5.67. The first-order valence-corrected chi connectivity index (χ1v) is 6.65. The molecule has 2 aromatic rings. The zero-order chi connectivity index (χ0) is 16.7. The number of hydrogen-bond acceptors (Lipinski definition) is 6. The van der Waals surface area contributed by atoms with Gasteiger partial charge < -0.3 is 9.15 Å². The lowest BCUT2D eigenvalue weighted by Crippen LogP contribution is -1.98. The number of rotatable bonds is 7. The lowest BCUT2D eigenvalue weighted by molar-refractivity contribution is 0.116. The summed E-state index contributed by atoms with van der Waals surface area (Å²) < 4.78 is 35.1. The minimum absolute atomic E-state index is 0.0594. The molecule has 0 aliphatic carbocycles. The molecule has 0 saturated carbocycles. The van der Waals surface area contributed by atoms with E-state index in [4.69, 9.17) is 9.15 Å². The highest BCUT2D eigenvalue weighted by Gasteiger charge is 2.17. The quantitative estimate of drug-likeness (QED) is 0.573. The van der Waals surface area contributed by atoms with Crippen molar-refractivity contribution in [2.45, 2.75) is 20.0 Å². The van der Waals surface area contributed by atoms with Gasteiger partial charge in [-0.2, -0.15) is 8.78 Å². The van der Waals surface area contributed by atoms with Crippen molar-refractivity contribution in [3.63, 3.8) is 0 Å². The van der Waals surface area contributed by atoms with Crippen molar-refractivity contribution in [3.05, 3.63) is 60.8 Å². The van der Waals surface area contributed by atoms with Gasteiger partial charge >= 0.3 is 6.43 Å². The van der Waals surface area contributed by atoms with Crippen molar-refractivity contribution in [3.8, 4) is 11.5 Å². The third-order valence-electron chi connectivity index (χ3n) is 2.63. The summed E-state index contributed by atoms with van der Waals surface area (Å²) in [5.74, 6) is 0.278. The van der Waals surface area contributed by atoms with Crippen LogP contribution in [0.1, 0.15) is 25.1 Å². The molecule has 0 N–H and O–H groups in total. The van der Waals surface area contributed by atoms with Gasteiger partial charge in [-0.3, -0.25) is 0 Å². The normalized spacial score (nSPS) is 12.1. The van der Waals surface area contributed by atoms with E-state index in [1.807, 2.05) is 6.92 Å². The molecule has 0 saturated heterocycles. The monoisotopic (exact) mass is 320 g/mol. The molecule has 2 heterocycles. The van der Waals surface area contributed by atoms with Crippen LogP contribution in [0.4, 0.5) is 8.78 Å². The molecule has 23 heavy (non-hydrogen) atoms. The average Bonchev–Trinajstić information content (AvgIpc) is 3.06. The van der Waals surface area contributed by atoms with Gasteiger partial charge in [0.2, 0.25) is 0 Å². The molecule has 2 rings (SSSR count). The van der Waals surface area contributed by atoms with E-state index in [0.717, 1.165) is 0 Å². The van der Waals surface area contributed by atoms with Crippen LogP contribution in [0.15, 0.2) is 53.5 Å². The number of aromatic nitrogens is 4. The summed E-state index contributed by atoms with van der Waals surface area (Å²) in [5, 5.41) is 6.77. The van der Waals surface area contributed by atoms with Gasteiger partial charge in [0.05, 0.1) is 5.56 Å². The van der Waals surface area contributed by atoms with Gasteiger partial charge in [0.15, 0.2) is 5.82 Å². The molecule has 8 heteroatoms. The van der Waals surface area contributed by atoms with Gasteiger partial charge in [-0.1, -0.05) is 18.7 Å². The van der Waals surface area contributed by atoms with Gasteiger partial charge in [0, 0.05) is 12.4 Å². The highest BCUT2D eigenvalue weighted by atomic mass is 19.3. The maximum absolute atomic E-state index is 12.4. The summed E-state index contributed by atoms with van der Waals surface area (Å²) in [6.07, 6.45) is 6.93. The van der Waals surface area contributed by atoms with Gasteiger partial charge in [-0.15, -0.1) is 10.2 Å². The van der Waals surface area contributed by atoms with Crippen molar-refractivity contribution >= 4 is 0 Å². The van der Waals surface area contributed by atoms with Crippen LogP contribution >= 0.6 is 0 Å². The molecule has 0 aliphatic heterocycles. The van der Waals surface area contributed by atoms with E-state index in [1.165, 1.54) is 12.4 Å². The lowest BCUT2D eigenvalue weighted by atomic mass is 10.3. The largest absolute Gasteiger partial charge is 0.486 e. The molecule has 0 aromatic carbocycles. The van der Waals surface area contributed by atoms with Crippen LogP contribution in [-0.2, 0) is 11.3 Å². The molecule has 0 bridgehead atoms. The van der Waals surface area contributed by atoms with E-state index < -0.39 is 12.3 Å². The summed E-state index contributed by atoms with van der Waals surface area (Å²) in [4.78, 5) is 8.15. The fourth-order valence-corrected chi connectivity index (χ4v) is 1.52.